The number of aliphatic hydroxyl groups excluding tert-OH is 1. The van der Waals surface area contributed by atoms with Crippen molar-refractivity contribution >= 4 is 0 Å². The predicted molar refractivity (Wildman–Crippen MR) is 56.0 cm³/mol. The Labute approximate surface area is 85.0 Å². The third kappa shape index (κ3) is 3.12. The maximum atomic E-state index is 9.16. The van der Waals surface area contributed by atoms with Crippen molar-refractivity contribution in [1.29, 1.82) is 0 Å². The maximum Gasteiger partial charge on any atom is 0.0945 e. The molecule has 0 aliphatic carbocycles. The molecule has 0 spiro atoms. The van der Waals surface area contributed by atoms with E-state index in [-0.39, 0.29) is 12.1 Å². The molecule has 0 fully saturated rings. The van der Waals surface area contributed by atoms with Crippen LogP contribution in [0.5, 0.6) is 0 Å². The zero-order valence-corrected chi connectivity index (χ0v) is 8.90. The van der Waals surface area contributed by atoms with Crippen molar-refractivity contribution in [3.8, 4) is 0 Å². The van der Waals surface area contributed by atoms with Gasteiger partial charge in [0.15, 0.2) is 0 Å². The largest absolute Gasteiger partial charge is 0.394 e. The fourth-order valence-corrected chi connectivity index (χ4v) is 1.35. The fourth-order valence-electron chi connectivity index (χ4n) is 1.35. The number of imidazole rings is 1. The Balaban J connectivity index is 2.27. The van der Waals surface area contributed by atoms with E-state index in [0.717, 1.165) is 19.4 Å². The molecule has 0 bridgehead atoms. The van der Waals surface area contributed by atoms with Gasteiger partial charge in [0.2, 0.25) is 0 Å². The summed E-state index contributed by atoms with van der Waals surface area (Å²) in [6.07, 6.45) is 7.54. The van der Waals surface area contributed by atoms with Gasteiger partial charge in [-0.3, -0.25) is 0 Å². The van der Waals surface area contributed by atoms with Crippen LogP contribution in [0.1, 0.15) is 19.8 Å². The number of nitrogens with zero attached hydrogens (tertiary/aromatic N) is 2. The first-order valence-corrected chi connectivity index (χ1v) is 4.96. The van der Waals surface area contributed by atoms with E-state index in [1.54, 1.807) is 6.20 Å². The second-order valence-corrected chi connectivity index (χ2v) is 3.87. The van der Waals surface area contributed by atoms with E-state index in [1.807, 2.05) is 31.1 Å². The number of rotatable bonds is 6. The van der Waals surface area contributed by atoms with Crippen LogP contribution >= 0.6 is 0 Å². The number of likely N-dealkylation sites (N-methyl/N-ethyl adjacent to an activating group) is 1. The van der Waals surface area contributed by atoms with Gasteiger partial charge < -0.3 is 15.0 Å². The lowest BCUT2D eigenvalue weighted by Crippen LogP contribution is -2.43. The van der Waals surface area contributed by atoms with E-state index in [2.05, 4.69) is 10.3 Å². The molecule has 1 rings (SSSR count). The van der Waals surface area contributed by atoms with Crippen LogP contribution in [0, 0.1) is 0 Å². The summed E-state index contributed by atoms with van der Waals surface area (Å²) in [5.41, 5.74) is -0.152. The van der Waals surface area contributed by atoms with Crippen LogP contribution in [-0.4, -0.2) is 33.9 Å². The third-order valence-corrected chi connectivity index (χ3v) is 2.66. The molecule has 4 heteroatoms. The van der Waals surface area contributed by atoms with Crippen molar-refractivity contribution in [2.75, 3.05) is 13.7 Å². The summed E-state index contributed by atoms with van der Waals surface area (Å²) in [4.78, 5) is 3.98. The zero-order chi connectivity index (χ0) is 10.4. The van der Waals surface area contributed by atoms with Gasteiger partial charge in [-0.15, -0.1) is 0 Å². The van der Waals surface area contributed by atoms with Gasteiger partial charge in [-0.2, -0.15) is 0 Å². The molecule has 1 aromatic rings. The lowest BCUT2D eigenvalue weighted by atomic mass is 9.97. The van der Waals surface area contributed by atoms with E-state index in [1.165, 1.54) is 0 Å². The van der Waals surface area contributed by atoms with Gasteiger partial charge >= 0.3 is 0 Å². The maximum absolute atomic E-state index is 9.16. The summed E-state index contributed by atoms with van der Waals surface area (Å²) in [5.74, 6) is 0. The minimum atomic E-state index is -0.152. The zero-order valence-electron chi connectivity index (χ0n) is 8.90. The van der Waals surface area contributed by atoms with Crippen molar-refractivity contribution in [2.24, 2.45) is 0 Å². The van der Waals surface area contributed by atoms with Crippen molar-refractivity contribution in [3.63, 3.8) is 0 Å². The van der Waals surface area contributed by atoms with Gasteiger partial charge in [0.25, 0.3) is 0 Å². The number of aliphatic hydroxyl groups is 1. The summed E-state index contributed by atoms with van der Waals surface area (Å²) in [5, 5.41) is 12.3. The Kier molecular flexibility index (Phi) is 4.10. The first kappa shape index (κ1) is 11.2. The molecule has 0 aromatic carbocycles. The van der Waals surface area contributed by atoms with Crippen LogP contribution < -0.4 is 5.32 Å². The van der Waals surface area contributed by atoms with Crippen molar-refractivity contribution in [1.82, 2.24) is 14.9 Å². The van der Waals surface area contributed by atoms with Crippen LogP contribution in [0.15, 0.2) is 18.7 Å². The average Bonchev–Trinajstić information content (AvgIpc) is 2.70. The molecule has 0 aliphatic heterocycles. The molecule has 80 valence electrons. The van der Waals surface area contributed by atoms with Crippen LogP contribution in [0.4, 0.5) is 0 Å². The van der Waals surface area contributed by atoms with Crippen LogP contribution in [-0.2, 0) is 6.54 Å². The number of aromatic nitrogens is 2. The Bertz CT molecular complexity index is 242. The summed E-state index contributed by atoms with van der Waals surface area (Å²) in [7, 11) is 1.88. The third-order valence-electron chi connectivity index (χ3n) is 2.66. The van der Waals surface area contributed by atoms with E-state index >= 15 is 0 Å². The topological polar surface area (TPSA) is 50.1 Å². The molecule has 0 saturated heterocycles. The molecular formula is C10H19N3O. The monoisotopic (exact) mass is 197 g/mol. The number of hydrogen-bond donors (Lipinski definition) is 2. The summed E-state index contributed by atoms with van der Waals surface area (Å²) < 4.78 is 2.05. The Hall–Kier alpha value is -0.870. The number of aryl methyl sites for hydroxylation is 1. The van der Waals surface area contributed by atoms with E-state index < -0.39 is 0 Å². The van der Waals surface area contributed by atoms with Gasteiger partial charge in [0.1, 0.15) is 0 Å². The van der Waals surface area contributed by atoms with E-state index in [4.69, 9.17) is 5.11 Å². The summed E-state index contributed by atoms with van der Waals surface area (Å²) in [6.45, 7) is 3.16. The van der Waals surface area contributed by atoms with Crippen LogP contribution in [0.25, 0.3) is 0 Å². The molecule has 1 heterocycles. The molecule has 0 amide bonds. The minimum absolute atomic E-state index is 0.152. The predicted octanol–water partition coefficient (Wildman–Crippen LogP) is 0.634. The Morgan fingerprint density at radius 1 is 1.57 bits per heavy atom. The standard InChI is InChI=1S/C10H19N3O/c1-10(8-14,11-2)4-3-6-13-7-5-12-9-13/h5,7,9,11,14H,3-4,6,8H2,1-2H3. The number of hydrogen-bond acceptors (Lipinski definition) is 3. The smallest absolute Gasteiger partial charge is 0.0945 e. The highest BCUT2D eigenvalue weighted by Crippen LogP contribution is 2.11. The first-order valence-electron chi connectivity index (χ1n) is 4.96. The van der Waals surface area contributed by atoms with Crippen molar-refractivity contribution < 1.29 is 5.11 Å². The van der Waals surface area contributed by atoms with Crippen LogP contribution in [0.2, 0.25) is 0 Å². The van der Waals surface area contributed by atoms with Gasteiger partial charge in [0.05, 0.1) is 12.9 Å². The molecule has 0 radical (unpaired) electrons. The average molecular weight is 197 g/mol. The van der Waals surface area contributed by atoms with Gasteiger partial charge in [-0.1, -0.05) is 0 Å². The van der Waals surface area contributed by atoms with Crippen molar-refractivity contribution in [3.05, 3.63) is 18.7 Å². The minimum Gasteiger partial charge on any atom is -0.394 e. The quantitative estimate of drug-likeness (QED) is 0.703. The van der Waals surface area contributed by atoms with Crippen molar-refractivity contribution in [2.45, 2.75) is 31.8 Å². The molecule has 0 saturated carbocycles. The molecule has 1 unspecified atom stereocenters. The second-order valence-electron chi connectivity index (χ2n) is 3.87. The fraction of sp³-hybridized carbons (Fsp3) is 0.700. The molecule has 2 N–H and O–H groups in total. The second kappa shape index (κ2) is 5.12. The first-order chi connectivity index (χ1) is 6.70. The molecule has 14 heavy (non-hydrogen) atoms. The van der Waals surface area contributed by atoms with E-state index in [0.29, 0.717) is 0 Å². The SMILES string of the molecule is CNC(C)(CO)CCCn1ccnc1. The highest BCUT2D eigenvalue weighted by atomic mass is 16.3. The Morgan fingerprint density at radius 3 is 2.86 bits per heavy atom. The molecular weight excluding hydrogens is 178 g/mol. The molecule has 1 atom stereocenters. The normalized spacial score (nSPS) is 15.4. The molecule has 1 aromatic heterocycles. The summed E-state index contributed by atoms with van der Waals surface area (Å²) >= 11 is 0. The highest BCUT2D eigenvalue weighted by Gasteiger charge is 2.19. The summed E-state index contributed by atoms with van der Waals surface area (Å²) in [6, 6.07) is 0. The van der Waals surface area contributed by atoms with Gasteiger partial charge in [-0.25, -0.2) is 4.98 Å². The lowest BCUT2D eigenvalue weighted by molar-refractivity contribution is 0.170. The van der Waals surface area contributed by atoms with Gasteiger partial charge in [-0.05, 0) is 26.8 Å². The van der Waals surface area contributed by atoms with E-state index in [9.17, 15) is 0 Å². The number of nitrogens with one attached hydrogen (secondary N) is 1. The molecule has 0 aliphatic rings. The van der Waals surface area contributed by atoms with Gasteiger partial charge in [0, 0.05) is 24.5 Å². The molecule has 4 nitrogen and oxygen atoms in total. The Morgan fingerprint density at radius 2 is 2.36 bits per heavy atom. The van der Waals surface area contributed by atoms with Crippen LogP contribution in [0.3, 0.4) is 0 Å². The lowest BCUT2D eigenvalue weighted by Gasteiger charge is -2.26. The highest BCUT2D eigenvalue weighted by molar-refractivity contribution is 4.81.